The summed E-state index contributed by atoms with van der Waals surface area (Å²) in [6.45, 7) is 2.28. The van der Waals surface area contributed by atoms with Gasteiger partial charge in [-0.2, -0.15) is 13.2 Å². The molecule has 0 unspecified atom stereocenters. The Balaban J connectivity index is 2.06. The lowest BCUT2D eigenvalue weighted by Gasteiger charge is -2.12. The van der Waals surface area contributed by atoms with Crippen LogP contribution in [0.25, 0.3) is 0 Å². The fourth-order valence-electron chi connectivity index (χ4n) is 3.47. The van der Waals surface area contributed by atoms with E-state index in [2.05, 4.69) is 6.92 Å². The van der Waals surface area contributed by atoms with E-state index in [0.29, 0.717) is 24.6 Å². The lowest BCUT2D eigenvalue weighted by Crippen LogP contribution is -2.16. The standard InChI is InChI=1S/C24H36F4O2/c1-2-3-4-5-6-7-8-9-10-11-12-13-14-15-18-30-23(29)21-19-20(25)16-17-22(21)24(26,27)28/h16-17,19H,2-15,18H2,1H3. The van der Waals surface area contributed by atoms with Gasteiger partial charge in [-0.15, -0.1) is 0 Å². The lowest BCUT2D eigenvalue weighted by atomic mass is 10.0. The van der Waals surface area contributed by atoms with Crippen molar-refractivity contribution in [2.24, 2.45) is 0 Å². The van der Waals surface area contributed by atoms with Crippen molar-refractivity contribution in [2.45, 2.75) is 103 Å². The van der Waals surface area contributed by atoms with E-state index in [-0.39, 0.29) is 6.61 Å². The molecule has 0 fully saturated rings. The molecule has 30 heavy (non-hydrogen) atoms. The van der Waals surface area contributed by atoms with Crippen LogP contribution in [0, 0.1) is 5.82 Å². The third kappa shape index (κ3) is 11.6. The molecule has 2 nitrogen and oxygen atoms in total. The second kappa shape index (κ2) is 15.2. The number of benzene rings is 1. The van der Waals surface area contributed by atoms with E-state index in [0.717, 1.165) is 19.3 Å². The summed E-state index contributed by atoms with van der Waals surface area (Å²) in [5.41, 5.74) is -1.94. The van der Waals surface area contributed by atoms with Gasteiger partial charge >= 0.3 is 12.1 Å². The van der Waals surface area contributed by atoms with Crippen LogP contribution in [-0.2, 0) is 10.9 Å². The zero-order valence-electron chi connectivity index (χ0n) is 18.2. The van der Waals surface area contributed by atoms with Crippen molar-refractivity contribution < 1.29 is 27.1 Å². The Morgan fingerprint density at radius 3 is 1.73 bits per heavy atom. The minimum atomic E-state index is -4.73. The number of carbonyl (C=O) groups is 1. The molecular weight excluding hydrogens is 396 g/mol. The second-order valence-electron chi connectivity index (χ2n) is 7.92. The van der Waals surface area contributed by atoms with E-state index >= 15 is 0 Å². The molecule has 1 aromatic rings. The first-order valence-electron chi connectivity index (χ1n) is 11.4. The average Bonchev–Trinajstić information content (AvgIpc) is 2.69. The SMILES string of the molecule is CCCCCCCCCCCCCCCCOC(=O)c1cc(F)ccc1C(F)(F)F. The largest absolute Gasteiger partial charge is 0.462 e. The van der Waals surface area contributed by atoms with Gasteiger partial charge in [-0.1, -0.05) is 90.4 Å². The summed E-state index contributed by atoms with van der Waals surface area (Å²) < 4.78 is 57.0. The number of alkyl halides is 3. The van der Waals surface area contributed by atoms with E-state index < -0.39 is 29.1 Å². The number of halogens is 4. The highest BCUT2D eigenvalue weighted by molar-refractivity contribution is 5.91. The van der Waals surface area contributed by atoms with Crippen LogP contribution in [-0.4, -0.2) is 12.6 Å². The maximum atomic E-state index is 13.2. The van der Waals surface area contributed by atoms with Gasteiger partial charge in [0.25, 0.3) is 0 Å². The molecule has 1 aromatic carbocycles. The number of hydrogen-bond donors (Lipinski definition) is 0. The van der Waals surface area contributed by atoms with Crippen LogP contribution >= 0.6 is 0 Å². The van der Waals surface area contributed by atoms with Crippen LogP contribution in [0.5, 0.6) is 0 Å². The Morgan fingerprint density at radius 2 is 1.27 bits per heavy atom. The lowest BCUT2D eigenvalue weighted by molar-refractivity contribution is -0.138. The third-order valence-electron chi connectivity index (χ3n) is 5.24. The highest BCUT2D eigenvalue weighted by Gasteiger charge is 2.35. The van der Waals surface area contributed by atoms with Gasteiger partial charge < -0.3 is 4.74 Å². The summed E-state index contributed by atoms with van der Waals surface area (Å²) >= 11 is 0. The van der Waals surface area contributed by atoms with Gasteiger partial charge in [0.05, 0.1) is 17.7 Å². The Hall–Kier alpha value is -1.59. The van der Waals surface area contributed by atoms with Crippen LogP contribution in [0.3, 0.4) is 0 Å². The fourth-order valence-corrected chi connectivity index (χ4v) is 3.47. The molecule has 0 radical (unpaired) electrons. The Labute approximate surface area is 178 Å². The molecule has 172 valence electrons. The second-order valence-corrected chi connectivity index (χ2v) is 7.92. The van der Waals surface area contributed by atoms with Crippen molar-refractivity contribution in [3.63, 3.8) is 0 Å². The highest BCUT2D eigenvalue weighted by atomic mass is 19.4. The molecule has 0 N–H and O–H groups in total. The first kappa shape index (κ1) is 26.4. The van der Waals surface area contributed by atoms with Gasteiger partial charge in [-0.3, -0.25) is 0 Å². The summed E-state index contributed by atoms with van der Waals surface area (Å²) in [6, 6.07) is 1.84. The molecular formula is C24H36F4O2. The minimum absolute atomic E-state index is 0.0463. The van der Waals surface area contributed by atoms with Gasteiger partial charge in [-0.05, 0) is 24.6 Å². The maximum Gasteiger partial charge on any atom is 0.417 e. The zero-order chi connectivity index (χ0) is 22.2. The van der Waals surface area contributed by atoms with E-state index in [4.69, 9.17) is 4.74 Å². The summed E-state index contributed by atoms with van der Waals surface area (Å²) in [5.74, 6) is -2.03. The molecule has 0 aromatic heterocycles. The van der Waals surface area contributed by atoms with Crippen LogP contribution < -0.4 is 0 Å². The molecule has 0 amide bonds. The number of rotatable bonds is 16. The van der Waals surface area contributed by atoms with Crippen LogP contribution in [0.1, 0.15) is 113 Å². The Morgan fingerprint density at radius 1 is 0.800 bits per heavy atom. The maximum absolute atomic E-state index is 13.2. The summed E-state index contributed by atoms with van der Waals surface area (Å²) in [5, 5.41) is 0. The number of esters is 1. The predicted molar refractivity (Wildman–Crippen MR) is 112 cm³/mol. The van der Waals surface area contributed by atoms with Crippen molar-refractivity contribution in [2.75, 3.05) is 6.61 Å². The zero-order valence-corrected chi connectivity index (χ0v) is 18.2. The summed E-state index contributed by atoms with van der Waals surface area (Å²) in [6.07, 6.45) is 11.9. The highest BCUT2D eigenvalue weighted by Crippen LogP contribution is 2.32. The molecule has 0 heterocycles. The van der Waals surface area contributed by atoms with E-state index in [1.807, 2.05) is 0 Å². The summed E-state index contributed by atoms with van der Waals surface area (Å²) in [7, 11) is 0. The average molecular weight is 433 g/mol. The van der Waals surface area contributed by atoms with Crippen LogP contribution in [0.2, 0.25) is 0 Å². The van der Waals surface area contributed by atoms with Gasteiger partial charge in [0.1, 0.15) is 5.82 Å². The van der Waals surface area contributed by atoms with Gasteiger partial charge in [0, 0.05) is 0 Å². The van der Waals surface area contributed by atoms with E-state index in [1.54, 1.807) is 0 Å². The van der Waals surface area contributed by atoms with Crippen LogP contribution in [0.15, 0.2) is 18.2 Å². The molecule has 0 aliphatic carbocycles. The first-order valence-corrected chi connectivity index (χ1v) is 11.4. The van der Waals surface area contributed by atoms with Gasteiger partial charge in [-0.25, -0.2) is 9.18 Å². The molecule has 0 saturated carbocycles. The Kier molecular flexibility index (Phi) is 13.4. The number of ether oxygens (including phenoxy) is 1. The minimum Gasteiger partial charge on any atom is -0.462 e. The molecule has 0 saturated heterocycles. The van der Waals surface area contributed by atoms with E-state index in [1.165, 1.54) is 64.2 Å². The van der Waals surface area contributed by atoms with Crippen molar-refractivity contribution in [3.05, 3.63) is 35.1 Å². The molecule has 6 heteroatoms. The topological polar surface area (TPSA) is 26.3 Å². The van der Waals surface area contributed by atoms with Crippen molar-refractivity contribution >= 4 is 5.97 Å². The van der Waals surface area contributed by atoms with E-state index in [9.17, 15) is 22.4 Å². The molecule has 1 rings (SSSR count). The smallest absolute Gasteiger partial charge is 0.417 e. The fraction of sp³-hybridized carbons (Fsp3) is 0.708. The first-order chi connectivity index (χ1) is 14.4. The predicted octanol–water partition coefficient (Wildman–Crippen LogP) is 8.48. The van der Waals surface area contributed by atoms with Gasteiger partial charge in [0.15, 0.2) is 0 Å². The van der Waals surface area contributed by atoms with Crippen LogP contribution in [0.4, 0.5) is 17.6 Å². The third-order valence-corrected chi connectivity index (χ3v) is 5.24. The van der Waals surface area contributed by atoms with Crippen molar-refractivity contribution in [3.8, 4) is 0 Å². The monoisotopic (exact) mass is 432 g/mol. The summed E-state index contributed by atoms with van der Waals surface area (Å²) in [4.78, 5) is 11.9. The number of hydrogen-bond acceptors (Lipinski definition) is 2. The molecule has 0 bridgehead atoms. The van der Waals surface area contributed by atoms with Gasteiger partial charge in [0.2, 0.25) is 0 Å². The number of carbonyl (C=O) groups excluding carboxylic acids is 1. The molecule has 0 aliphatic heterocycles. The Bertz CT molecular complexity index is 599. The van der Waals surface area contributed by atoms with Crippen molar-refractivity contribution in [1.29, 1.82) is 0 Å². The van der Waals surface area contributed by atoms with Crippen molar-refractivity contribution in [1.82, 2.24) is 0 Å². The quantitative estimate of drug-likeness (QED) is 0.149. The molecule has 0 aliphatic rings. The number of unbranched alkanes of at least 4 members (excludes halogenated alkanes) is 13. The molecule has 0 spiro atoms. The normalized spacial score (nSPS) is 11.6. The molecule has 0 atom stereocenters.